The number of aliphatic hydroxyl groups is 1. The summed E-state index contributed by atoms with van der Waals surface area (Å²) in [6.07, 6.45) is 0.259. The largest absolute Gasteiger partial charge is 0.391 e. The number of nitrogens with zero attached hydrogens (tertiary/aromatic N) is 1. The Balaban J connectivity index is 2.19. The quantitative estimate of drug-likeness (QED) is 0.864. The van der Waals surface area contributed by atoms with Gasteiger partial charge >= 0.3 is 0 Å². The molecule has 1 fully saturated rings. The molecule has 1 aromatic rings. The molecule has 0 aliphatic carbocycles. The van der Waals surface area contributed by atoms with Crippen LogP contribution in [0.1, 0.15) is 23.7 Å². The highest BCUT2D eigenvalue weighted by molar-refractivity contribution is 9.10. The minimum atomic E-state index is -0.505. The first-order valence-corrected chi connectivity index (χ1v) is 6.71. The fraction of sp³-hybridized carbons (Fsp3) is 0.462. The molecule has 18 heavy (non-hydrogen) atoms. The summed E-state index contributed by atoms with van der Waals surface area (Å²) in [5, 5.41) is 9.79. The molecule has 0 aromatic heterocycles. The van der Waals surface area contributed by atoms with Crippen LogP contribution in [0.25, 0.3) is 0 Å². The van der Waals surface area contributed by atoms with Gasteiger partial charge in [-0.05, 0) is 40.4 Å². The molecule has 1 aliphatic rings. The van der Waals surface area contributed by atoms with Gasteiger partial charge in [-0.2, -0.15) is 0 Å². The summed E-state index contributed by atoms with van der Waals surface area (Å²) in [4.78, 5) is 13.8. The number of hydrogen-bond donors (Lipinski definition) is 1. The number of benzene rings is 1. The van der Waals surface area contributed by atoms with E-state index in [-0.39, 0.29) is 16.3 Å². The Kier molecular flexibility index (Phi) is 4.02. The van der Waals surface area contributed by atoms with Crippen molar-refractivity contribution in [1.82, 2.24) is 4.90 Å². The van der Waals surface area contributed by atoms with Gasteiger partial charge in [-0.3, -0.25) is 4.79 Å². The van der Waals surface area contributed by atoms with Crippen LogP contribution in [0.3, 0.4) is 0 Å². The van der Waals surface area contributed by atoms with Gasteiger partial charge < -0.3 is 10.0 Å². The molecule has 98 valence electrons. The maximum Gasteiger partial charge on any atom is 0.255 e. The van der Waals surface area contributed by atoms with Crippen LogP contribution in [0.2, 0.25) is 0 Å². The number of carbonyl (C=O) groups excluding carboxylic acids is 1. The maximum atomic E-state index is 13.4. The van der Waals surface area contributed by atoms with E-state index < -0.39 is 11.9 Å². The van der Waals surface area contributed by atoms with Gasteiger partial charge in [-0.25, -0.2) is 4.39 Å². The molecule has 1 aliphatic heterocycles. The van der Waals surface area contributed by atoms with Crippen LogP contribution in [0.15, 0.2) is 22.7 Å². The third-order valence-electron chi connectivity index (χ3n) is 3.39. The SMILES string of the molecule is CC1CCN(C(=O)c2cccc(F)c2Br)CC1O. The van der Waals surface area contributed by atoms with Gasteiger partial charge in [-0.1, -0.05) is 13.0 Å². The Hall–Kier alpha value is -0.940. The number of hydrogen-bond acceptors (Lipinski definition) is 2. The summed E-state index contributed by atoms with van der Waals surface area (Å²) in [6.45, 7) is 2.87. The van der Waals surface area contributed by atoms with Crippen molar-refractivity contribution < 1.29 is 14.3 Å². The summed E-state index contributed by atoms with van der Waals surface area (Å²) in [5.41, 5.74) is 0.303. The Morgan fingerprint density at radius 3 is 2.94 bits per heavy atom. The smallest absolute Gasteiger partial charge is 0.255 e. The molecule has 2 atom stereocenters. The van der Waals surface area contributed by atoms with Gasteiger partial charge in [0.2, 0.25) is 0 Å². The van der Waals surface area contributed by atoms with Crippen molar-refractivity contribution in [2.24, 2.45) is 5.92 Å². The lowest BCUT2D eigenvalue weighted by atomic mass is 9.95. The molecule has 1 N–H and O–H groups in total. The van der Waals surface area contributed by atoms with Crippen molar-refractivity contribution in [2.75, 3.05) is 13.1 Å². The lowest BCUT2D eigenvalue weighted by Crippen LogP contribution is -2.45. The molecule has 0 saturated carbocycles. The number of amides is 1. The van der Waals surface area contributed by atoms with Gasteiger partial charge in [0.05, 0.1) is 16.1 Å². The summed E-state index contributed by atoms with van der Waals surface area (Å²) in [7, 11) is 0. The third-order valence-corrected chi connectivity index (χ3v) is 4.19. The average Bonchev–Trinajstić information content (AvgIpc) is 2.35. The van der Waals surface area contributed by atoms with E-state index in [1.807, 2.05) is 6.92 Å². The van der Waals surface area contributed by atoms with E-state index in [0.29, 0.717) is 18.7 Å². The second-order valence-electron chi connectivity index (χ2n) is 4.69. The van der Waals surface area contributed by atoms with E-state index in [9.17, 15) is 14.3 Å². The van der Waals surface area contributed by atoms with E-state index in [4.69, 9.17) is 0 Å². The highest BCUT2D eigenvalue weighted by Crippen LogP contribution is 2.24. The number of piperidine rings is 1. The fourth-order valence-electron chi connectivity index (χ4n) is 2.07. The van der Waals surface area contributed by atoms with Crippen molar-refractivity contribution in [3.63, 3.8) is 0 Å². The zero-order valence-electron chi connectivity index (χ0n) is 10.1. The monoisotopic (exact) mass is 315 g/mol. The number of halogens is 2. The minimum Gasteiger partial charge on any atom is -0.391 e. The van der Waals surface area contributed by atoms with Gasteiger partial charge in [-0.15, -0.1) is 0 Å². The number of β-amino-alcohol motifs (C(OH)–C–C–N with tert-alkyl or cyclic N) is 1. The highest BCUT2D eigenvalue weighted by atomic mass is 79.9. The van der Waals surface area contributed by atoms with E-state index >= 15 is 0 Å². The summed E-state index contributed by atoms with van der Waals surface area (Å²) in [6, 6.07) is 4.39. The summed E-state index contributed by atoms with van der Waals surface area (Å²) >= 11 is 3.09. The summed E-state index contributed by atoms with van der Waals surface area (Å²) in [5.74, 6) is -0.496. The number of likely N-dealkylation sites (tertiary alicyclic amines) is 1. The standard InChI is InChI=1S/C13H15BrFNO2/c1-8-5-6-16(7-11(8)17)13(18)9-3-2-4-10(15)12(9)14/h2-4,8,11,17H,5-7H2,1H3. The zero-order chi connectivity index (χ0) is 13.3. The van der Waals surface area contributed by atoms with Crippen molar-refractivity contribution in [3.05, 3.63) is 34.1 Å². The second kappa shape index (κ2) is 5.36. The molecule has 0 radical (unpaired) electrons. The molecule has 1 amide bonds. The molecule has 1 heterocycles. The molecular formula is C13H15BrFNO2. The third kappa shape index (κ3) is 2.57. The predicted molar refractivity (Wildman–Crippen MR) is 69.8 cm³/mol. The van der Waals surface area contributed by atoms with E-state index in [0.717, 1.165) is 6.42 Å². The van der Waals surface area contributed by atoms with Crippen LogP contribution >= 0.6 is 15.9 Å². The minimum absolute atomic E-state index is 0.183. The average molecular weight is 316 g/mol. The topological polar surface area (TPSA) is 40.5 Å². The lowest BCUT2D eigenvalue weighted by Gasteiger charge is -2.34. The molecule has 2 unspecified atom stereocenters. The first-order chi connectivity index (χ1) is 8.50. The molecule has 1 aromatic carbocycles. The van der Waals surface area contributed by atoms with Crippen LogP contribution < -0.4 is 0 Å². The number of aliphatic hydroxyl groups excluding tert-OH is 1. The van der Waals surface area contributed by atoms with Crippen LogP contribution in [0.5, 0.6) is 0 Å². The van der Waals surface area contributed by atoms with Crippen molar-refractivity contribution >= 4 is 21.8 Å². The van der Waals surface area contributed by atoms with Crippen molar-refractivity contribution in [2.45, 2.75) is 19.4 Å². The lowest BCUT2D eigenvalue weighted by molar-refractivity contribution is 0.0248. The predicted octanol–water partition coefficient (Wildman–Crippen LogP) is 2.43. The van der Waals surface area contributed by atoms with Crippen molar-refractivity contribution in [1.29, 1.82) is 0 Å². The zero-order valence-corrected chi connectivity index (χ0v) is 11.7. The number of rotatable bonds is 1. The van der Waals surface area contributed by atoms with Gasteiger partial charge in [0.15, 0.2) is 0 Å². The van der Waals surface area contributed by atoms with E-state index in [2.05, 4.69) is 15.9 Å². The Morgan fingerprint density at radius 2 is 2.28 bits per heavy atom. The van der Waals surface area contributed by atoms with Gasteiger partial charge in [0.25, 0.3) is 5.91 Å². The Morgan fingerprint density at radius 1 is 1.56 bits per heavy atom. The van der Waals surface area contributed by atoms with E-state index in [1.54, 1.807) is 11.0 Å². The molecule has 0 spiro atoms. The molecular weight excluding hydrogens is 301 g/mol. The van der Waals surface area contributed by atoms with Crippen LogP contribution in [0.4, 0.5) is 4.39 Å². The van der Waals surface area contributed by atoms with Crippen molar-refractivity contribution in [3.8, 4) is 0 Å². The normalized spacial score (nSPS) is 24.1. The molecule has 5 heteroatoms. The Bertz CT molecular complexity index is 466. The fourth-order valence-corrected chi connectivity index (χ4v) is 2.51. The first-order valence-electron chi connectivity index (χ1n) is 5.92. The molecule has 1 saturated heterocycles. The molecule has 0 bridgehead atoms. The van der Waals surface area contributed by atoms with Crippen LogP contribution in [0, 0.1) is 11.7 Å². The van der Waals surface area contributed by atoms with Crippen LogP contribution in [-0.4, -0.2) is 35.1 Å². The van der Waals surface area contributed by atoms with Gasteiger partial charge in [0, 0.05) is 13.1 Å². The first kappa shape index (κ1) is 13.5. The maximum absolute atomic E-state index is 13.4. The Labute approximate surface area is 114 Å². The summed E-state index contributed by atoms with van der Waals surface area (Å²) < 4.78 is 13.6. The highest BCUT2D eigenvalue weighted by Gasteiger charge is 2.28. The molecule has 3 nitrogen and oxygen atoms in total. The second-order valence-corrected chi connectivity index (χ2v) is 5.48. The molecule has 2 rings (SSSR count). The number of carbonyl (C=O) groups is 1. The van der Waals surface area contributed by atoms with Crippen LogP contribution in [-0.2, 0) is 0 Å². The van der Waals surface area contributed by atoms with E-state index in [1.165, 1.54) is 12.1 Å². The van der Waals surface area contributed by atoms with Gasteiger partial charge in [0.1, 0.15) is 5.82 Å².